The van der Waals surface area contributed by atoms with E-state index >= 15 is 0 Å². The van der Waals surface area contributed by atoms with E-state index in [4.69, 9.17) is 6.42 Å². The zero-order chi connectivity index (χ0) is 6.69. The van der Waals surface area contributed by atoms with Crippen molar-refractivity contribution in [1.29, 1.82) is 0 Å². The molecule has 1 saturated heterocycles. The Hall–Kier alpha value is -0.480. The van der Waals surface area contributed by atoms with Gasteiger partial charge in [0.05, 0.1) is 0 Å². The van der Waals surface area contributed by atoms with Gasteiger partial charge < -0.3 is 5.32 Å². The van der Waals surface area contributed by atoms with Crippen molar-refractivity contribution >= 4 is 0 Å². The van der Waals surface area contributed by atoms with E-state index in [0.717, 1.165) is 19.4 Å². The molecule has 1 fully saturated rings. The first-order chi connectivity index (χ1) is 4.33. The van der Waals surface area contributed by atoms with Crippen LogP contribution in [0.15, 0.2) is 0 Å². The molecule has 1 aliphatic heterocycles. The Balaban J connectivity index is 2.34. The zero-order valence-corrected chi connectivity index (χ0v) is 5.85. The minimum atomic E-state index is 0.529. The Bertz CT molecular complexity index is 123. The third-order valence-electron chi connectivity index (χ3n) is 1.86. The highest BCUT2D eigenvalue weighted by atomic mass is 14.9. The number of piperidine rings is 1. The van der Waals surface area contributed by atoms with E-state index in [1.165, 1.54) is 0 Å². The predicted molar refractivity (Wildman–Crippen MR) is 39.0 cm³/mol. The second-order valence-corrected chi connectivity index (χ2v) is 2.74. The second kappa shape index (κ2) is 2.89. The fourth-order valence-corrected chi connectivity index (χ4v) is 1.28. The van der Waals surface area contributed by atoms with Crippen LogP contribution in [0.4, 0.5) is 0 Å². The minimum Gasteiger partial charge on any atom is -0.314 e. The zero-order valence-electron chi connectivity index (χ0n) is 5.85. The van der Waals surface area contributed by atoms with Crippen LogP contribution in [0, 0.1) is 18.3 Å². The summed E-state index contributed by atoms with van der Waals surface area (Å²) < 4.78 is 0. The molecular weight excluding hydrogens is 110 g/mol. The van der Waals surface area contributed by atoms with Crippen molar-refractivity contribution in [3.63, 3.8) is 0 Å². The van der Waals surface area contributed by atoms with Crippen LogP contribution < -0.4 is 5.32 Å². The van der Waals surface area contributed by atoms with Gasteiger partial charge in [-0.05, 0) is 26.3 Å². The second-order valence-electron chi connectivity index (χ2n) is 2.74. The largest absolute Gasteiger partial charge is 0.314 e. The number of hydrogen-bond donors (Lipinski definition) is 1. The van der Waals surface area contributed by atoms with E-state index in [-0.39, 0.29) is 0 Å². The van der Waals surface area contributed by atoms with E-state index in [2.05, 4.69) is 18.2 Å². The highest BCUT2D eigenvalue weighted by Gasteiger charge is 2.14. The quantitative estimate of drug-likeness (QED) is 0.474. The molecule has 1 rings (SSSR count). The molecule has 0 radical (unpaired) electrons. The minimum absolute atomic E-state index is 0.529. The lowest BCUT2D eigenvalue weighted by molar-refractivity contribution is 0.370. The van der Waals surface area contributed by atoms with Crippen LogP contribution in [0.3, 0.4) is 0 Å². The third kappa shape index (κ3) is 1.73. The topological polar surface area (TPSA) is 12.0 Å². The maximum absolute atomic E-state index is 5.29. The van der Waals surface area contributed by atoms with Gasteiger partial charge in [0.1, 0.15) is 0 Å². The average molecular weight is 123 g/mol. The lowest BCUT2D eigenvalue weighted by Crippen LogP contribution is -2.35. The Morgan fingerprint density at radius 3 is 2.89 bits per heavy atom. The number of nitrogens with one attached hydrogen (secondary N) is 1. The molecule has 2 atom stereocenters. The summed E-state index contributed by atoms with van der Waals surface area (Å²) in [5.74, 6) is 3.32. The predicted octanol–water partition coefficient (Wildman–Crippen LogP) is 1.01. The van der Waals surface area contributed by atoms with Crippen molar-refractivity contribution in [3.05, 3.63) is 0 Å². The van der Waals surface area contributed by atoms with Crippen molar-refractivity contribution < 1.29 is 0 Å². The van der Waals surface area contributed by atoms with Gasteiger partial charge in [-0.3, -0.25) is 0 Å². The first-order valence-electron chi connectivity index (χ1n) is 3.52. The molecule has 9 heavy (non-hydrogen) atoms. The van der Waals surface area contributed by atoms with Crippen LogP contribution in [0.1, 0.15) is 19.8 Å². The molecule has 1 N–H and O–H groups in total. The molecule has 1 nitrogen and oxygen atoms in total. The SMILES string of the molecule is C#CC1CCNC(C)C1. The lowest BCUT2D eigenvalue weighted by atomic mass is 9.94. The highest BCUT2D eigenvalue weighted by Crippen LogP contribution is 2.13. The van der Waals surface area contributed by atoms with Gasteiger partial charge in [-0.1, -0.05) is 0 Å². The Kier molecular flexibility index (Phi) is 2.13. The van der Waals surface area contributed by atoms with Gasteiger partial charge in [0, 0.05) is 12.0 Å². The number of terminal acetylenes is 1. The third-order valence-corrected chi connectivity index (χ3v) is 1.86. The molecular formula is C8H13N. The first kappa shape index (κ1) is 6.64. The molecule has 0 aromatic heterocycles. The summed E-state index contributed by atoms with van der Waals surface area (Å²) >= 11 is 0. The highest BCUT2D eigenvalue weighted by molar-refractivity contribution is 4.96. The summed E-state index contributed by atoms with van der Waals surface area (Å²) in [5.41, 5.74) is 0. The van der Waals surface area contributed by atoms with Crippen LogP contribution in [-0.4, -0.2) is 12.6 Å². The van der Waals surface area contributed by atoms with Gasteiger partial charge in [0.2, 0.25) is 0 Å². The summed E-state index contributed by atoms with van der Waals surface area (Å²) in [4.78, 5) is 0. The van der Waals surface area contributed by atoms with E-state index in [0.29, 0.717) is 12.0 Å². The Morgan fingerprint density at radius 1 is 1.67 bits per heavy atom. The van der Waals surface area contributed by atoms with Gasteiger partial charge in [-0.2, -0.15) is 0 Å². The Labute approximate surface area is 56.8 Å². The van der Waals surface area contributed by atoms with Gasteiger partial charge >= 0.3 is 0 Å². The maximum Gasteiger partial charge on any atom is 0.0227 e. The number of rotatable bonds is 0. The molecule has 0 saturated carbocycles. The maximum atomic E-state index is 5.29. The van der Waals surface area contributed by atoms with Crippen molar-refractivity contribution in [2.24, 2.45) is 5.92 Å². The fraction of sp³-hybridized carbons (Fsp3) is 0.750. The lowest BCUT2D eigenvalue weighted by Gasteiger charge is -2.23. The normalized spacial score (nSPS) is 35.6. The fourth-order valence-electron chi connectivity index (χ4n) is 1.28. The molecule has 0 spiro atoms. The molecule has 1 heterocycles. The first-order valence-corrected chi connectivity index (χ1v) is 3.52. The van der Waals surface area contributed by atoms with Crippen molar-refractivity contribution in [3.8, 4) is 12.3 Å². The summed E-state index contributed by atoms with van der Waals surface area (Å²) in [6, 6.07) is 0.625. The van der Waals surface area contributed by atoms with E-state index < -0.39 is 0 Å². The molecule has 2 unspecified atom stereocenters. The van der Waals surface area contributed by atoms with E-state index in [9.17, 15) is 0 Å². The standard InChI is InChI=1S/C8H13N/c1-3-8-4-5-9-7(2)6-8/h1,7-9H,4-6H2,2H3. The molecule has 0 amide bonds. The monoisotopic (exact) mass is 123 g/mol. The molecule has 0 aliphatic carbocycles. The Morgan fingerprint density at radius 2 is 2.44 bits per heavy atom. The molecule has 1 heteroatoms. The molecule has 50 valence electrons. The summed E-state index contributed by atoms with van der Waals surface area (Å²) in [5, 5.41) is 3.35. The van der Waals surface area contributed by atoms with Crippen molar-refractivity contribution in [1.82, 2.24) is 5.32 Å². The summed E-state index contributed by atoms with van der Waals surface area (Å²) in [6.45, 7) is 3.28. The molecule has 0 aromatic rings. The van der Waals surface area contributed by atoms with E-state index in [1.807, 2.05) is 0 Å². The van der Waals surface area contributed by atoms with Crippen molar-refractivity contribution in [2.45, 2.75) is 25.8 Å². The smallest absolute Gasteiger partial charge is 0.0227 e. The van der Waals surface area contributed by atoms with Crippen LogP contribution in [0.5, 0.6) is 0 Å². The number of hydrogen-bond acceptors (Lipinski definition) is 1. The summed E-state index contributed by atoms with van der Waals surface area (Å²) in [7, 11) is 0. The van der Waals surface area contributed by atoms with Crippen LogP contribution >= 0.6 is 0 Å². The van der Waals surface area contributed by atoms with Gasteiger partial charge in [-0.15, -0.1) is 12.3 Å². The van der Waals surface area contributed by atoms with Gasteiger partial charge in [-0.25, -0.2) is 0 Å². The van der Waals surface area contributed by atoms with Crippen molar-refractivity contribution in [2.75, 3.05) is 6.54 Å². The summed E-state index contributed by atoms with van der Waals surface area (Å²) in [6.07, 6.45) is 7.59. The molecule has 1 aliphatic rings. The van der Waals surface area contributed by atoms with Crippen LogP contribution in [0.25, 0.3) is 0 Å². The van der Waals surface area contributed by atoms with Gasteiger partial charge in [0.25, 0.3) is 0 Å². The van der Waals surface area contributed by atoms with E-state index in [1.54, 1.807) is 0 Å². The average Bonchev–Trinajstić information content (AvgIpc) is 1.88. The van der Waals surface area contributed by atoms with Crippen LogP contribution in [0.2, 0.25) is 0 Å². The van der Waals surface area contributed by atoms with Crippen LogP contribution in [-0.2, 0) is 0 Å². The van der Waals surface area contributed by atoms with Gasteiger partial charge in [0.15, 0.2) is 0 Å². The molecule has 0 bridgehead atoms. The molecule has 0 aromatic carbocycles.